The highest BCUT2D eigenvalue weighted by molar-refractivity contribution is 5.88. The third-order valence-corrected chi connectivity index (χ3v) is 3.20. The summed E-state index contributed by atoms with van der Waals surface area (Å²) in [6, 6.07) is 0. The molecule has 1 aliphatic carbocycles. The second-order valence-corrected chi connectivity index (χ2v) is 4.33. The summed E-state index contributed by atoms with van der Waals surface area (Å²) in [6.07, 6.45) is 6.04. The Bertz CT molecular complexity index is 179. The van der Waals surface area contributed by atoms with Crippen LogP contribution in [0.5, 0.6) is 0 Å². The molecular weight excluding hydrogens is 164 g/mol. The lowest BCUT2D eigenvalue weighted by Crippen LogP contribution is -2.39. The number of hydrogen-bond acceptors (Lipinski definition) is 2. The average Bonchev–Trinajstić information content (AvgIpc) is 2.18. The number of carbonyl (C=O) groups excluding carboxylic acids is 1. The van der Waals surface area contributed by atoms with Crippen molar-refractivity contribution in [2.75, 3.05) is 0 Å². The standard InChI is InChI=1S/C11H20O2/c1-3-11(2,13)10(12)9-7-5-4-6-8-9/h9,13H,3-8H2,1-2H3. The Morgan fingerprint density at radius 1 is 1.38 bits per heavy atom. The third kappa shape index (κ3) is 2.53. The first-order chi connectivity index (χ1) is 6.08. The van der Waals surface area contributed by atoms with Gasteiger partial charge in [-0.15, -0.1) is 0 Å². The van der Waals surface area contributed by atoms with Gasteiger partial charge in [-0.25, -0.2) is 0 Å². The zero-order valence-corrected chi connectivity index (χ0v) is 8.68. The van der Waals surface area contributed by atoms with E-state index in [0.29, 0.717) is 6.42 Å². The van der Waals surface area contributed by atoms with Crippen molar-refractivity contribution in [3.8, 4) is 0 Å². The lowest BCUT2D eigenvalue weighted by Gasteiger charge is -2.28. The van der Waals surface area contributed by atoms with Gasteiger partial charge in [-0.05, 0) is 26.2 Å². The highest BCUT2D eigenvalue weighted by Crippen LogP contribution is 2.28. The molecule has 1 aliphatic rings. The minimum absolute atomic E-state index is 0.0645. The molecule has 1 fully saturated rings. The lowest BCUT2D eigenvalue weighted by atomic mass is 9.79. The normalized spacial score (nSPS) is 23.9. The van der Waals surface area contributed by atoms with E-state index in [9.17, 15) is 9.90 Å². The summed E-state index contributed by atoms with van der Waals surface area (Å²) in [5.41, 5.74) is -1.08. The molecule has 0 bridgehead atoms. The van der Waals surface area contributed by atoms with Gasteiger partial charge in [0.1, 0.15) is 5.60 Å². The molecule has 0 spiro atoms. The van der Waals surface area contributed by atoms with E-state index in [0.717, 1.165) is 25.7 Å². The zero-order valence-electron chi connectivity index (χ0n) is 8.68. The van der Waals surface area contributed by atoms with Crippen LogP contribution in [0.3, 0.4) is 0 Å². The van der Waals surface area contributed by atoms with Crippen LogP contribution in [0.4, 0.5) is 0 Å². The molecule has 1 rings (SSSR count). The highest BCUT2D eigenvalue weighted by atomic mass is 16.3. The van der Waals surface area contributed by atoms with E-state index in [1.54, 1.807) is 6.92 Å². The molecule has 1 N–H and O–H groups in total. The van der Waals surface area contributed by atoms with Crippen LogP contribution in [0.1, 0.15) is 52.4 Å². The summed E-state index contributed by atoms with van der Waals surface area (Å²) < 4.78 is 0. The van der Waals surface area contributed by atoms with Gasteiger partial charge in [0, 0.05) is 5.92 Å². The molecular formula is C11H20O2. The molecule has 13 heavy (non-hydrogen) atoms. The minimum Gasteiger partial charge on any atom is -0.382 e. The first-order valence-electron chi connectivity index (χ1n) is 5.34. The predicted octanol–water partition coefficient (Wildman–Crippen LogP) is 2.30. The van der Waals surface area contributed by atoms with E-state index < -0.39 is 5.60 Å². The Kier molecular flexibility index (Phi) is 3.48. The van der Waals surface area contributed by atoms with Crippen LogP contribution in [0.15, 0.2) is 0 Å². The van der Waals surface area contributed by atoms with Gasteiger partial charge in [0.05, 0.1) is 0 Å². The quantitative estimate of drug-likeness (QED) is 0.730. The van der Waals surface area contributed by atoms with E-state index in [-0.39, 0.29) is 11.7 Å². The molecule has 0 saturated heterocycles. The van der Waals surface area contributed by atoms with E-state index in [4.69, 9.17) is 0 Å². The van der Waals surface area contributed by atoms with Gasteiger partial charge in [-0.1, -0.05) is 26.2 Å². The number of hydrogen-bond donors (Lipinski definition) is 1. The largest absolute Gasteiger partial charge is 0.382 e. The Morgan fingerprint density at radius 3 is 2.38 bits per heavy atom. The molecule has 0 radical (unpaired) electrons. The van der Waals surface area contributed by atoms with E-state index >= 15 is 0 Å². The average molecular weight is 184 g/mol. The molecule has 1 unspecified atom stereocenters. The van der Waals surface area contributed by atoms with Crippen molar-refractivity contribution in [3.05, 3.63) is 0 Å². The molecule has 2 nitrogen and oxygen atoms in total. The van der Waals surface area contributed by atoms with Crippen molar-refractivity contribution in [2.45, 2.75) is 58.0 Å². The fraction of sp³-hybridized carbons (Fsp3) is 0.909. The van der Waals surface area contributed by atoms with Gasteiger partial charge in [-0.3, -0.25) is 4.79 Å². The van der Waals surface area contributed by atoms with Gasteiger partial charge in [0.2, 0.25) is 0 Å². The van der Waals surface area contributed by atoms with Gasteiger partial charge in [0.25, 0.3) is 0 Å². The number of ketones is 1. The Labute approximate surface area is 80.3 Å². The maximum atomic E-state index is 11.8. The molecule has 0 amide bonds. The molecule has 0 aromatic heterocycles. The summed E-state index contributed by atoms with van der Waals surface area (Å²) >= 11 is 0. The zero-order chi connectivity index (χ0) is 9.90. The monoisotopic (exact) mass is 184 g/mol. The van der Waals surface area contributed by atoms with Crippen molar-refractivity contribution < 1.29 is 9.90 Å². The first-order valence-corrected chi connectivity index (χ1v) is 5.34. The van der Waals surface area contributed by atoms with Crippen molar-refractivity contribution in [1.82, 2.24) is 0 Å². The van der Waals surface area contributed by atoms with Crippen LogP contribution in [-0.4, -0.2) is 16.5 Å². The molecule has 1 saturated carbocycles. The first kappa shape index (κ1) is 10.7. The number of rotatable bonds is 3. The van der Waals surface area contributed by atoms with Crippen LogP contribution >= 0.6 is 0 Å². The SMILES string of the molecule is CCC(C)(O)C(=O)C1CCCCC1. The van der Waals surface area contributed by atoms with Crippen molar-refractivity contribution >= 4 is 5.78 Å². The molecule has 1 atom stereocenters. The second kappa shape index (κ2) is 4.23. The van der Waals surface area contributed by atoms with Gasteiger partial charge >= 0.3 is 0 Å². The summed E-state index contributed by atoms with van der Waals surface area (Å²) in [4.78, 5) is 11.8. The van der Waals surface area contributed by atoms with E-state index in [2.05, 4.69) is 0 Å². The van der Waals surface area contributed by atoms with E-state index in [1.807, 2.05) is 6.92 Å². The van der Waals surface area contributed by atoms with Crippen LogP contribution in [-0.2, 0) is 4.79 Å². The predicted molar refractivity (Wildman–Crippen MR) is 52.5 cm³/mol. The Hall–Kier alpha value is -0.370. The number of aliphatic hydroxyl groups is 1. The van der Waals surface area contributed by atoms with Gasteiger partial charge in [0.15, 0.2) is 5.78 Å². The summed E-state index contributed by atoms with van der Waals surface area (Å²) in [7, 11) is 0. The molecule has 76 valence electrons. The topological polar surface area (TPSA) is 37.3 Å². The van der Waals surface area contributed by atoms with Gasteiger partial charge < -0.3 is 5.11 Å². The van der Waals surface area contributed by atoms with E-state index in [1.165, 1.54) is 6.42 Å². The van der Waals surface area contributed by atoms with Crippen molar-refractivity contribution in [2.24, 2.45) is 5.92 Å². The van der Waals surface area contributed by atoms with Crippen LogP contribution < -0.4 is 0 Å². The molecule has 0 aromatic carbocycles. The number of Topliss-reactive ketones (excluding diaryl/α,β-unsaturated/α-hetero) is 1. The molecule has 0 heterocycles. The molecule has 2 heteroatoms. The van der Waals surface area contributed by atoms with Crippen LogP contribution in [0.2, 0.25) is 0 Å². The second-order valence-electron chi connectivity index (χ2n) is 4.33. The lowest BCUT2D eigenvalue weighted by molar-refractivity contribution is -0.141. The summed E-state index contributed by atoms with van der Waals surface area (Å²) in [6.45, 7) is 3.50. The van der Waals surface area contributed by atoms with Crippen LogP contribution in [0.25, 0.3) is 0 Å². The fourth-order valence-electron chi connectivity index (χ4n) is 1.98. The van der Waals surface area contributed by atoms with Crippen molar-refractivity contribution in [1.29, 1.82) is 0 Å². The van der Waals surface area contributed by atoms with Crippen molar-refractivity contribution in [3.63, 3.8) is 0 Å². The molecule has 0 aliphatic heterocycles. The highest BCUT2D eigenvalue weighted by Gasteiger charge is 2.34. The summed E-state index contributed by atoms with van der Waals surface area (Å²) in [5.74, 6) is 0.193. The maximum Gasteiger partial charge on any atom is 0.167 e. The Balaban J connectivity index is 2.55. The maximum absolute atomic E-state index is 11.8. The van der Waals surface area contributed by atoms with Crippen LogP contribution in [0, 0.1) is 5.92 Å². The summed E-state index contributed by atoms with van der Waals surface area (Å²) in [5, 5.41) is 9.79. The van der Waals surface area contributed by atoms with Gasteiger partial charge in [-0.2, -0.15) is 0 Å². The molecule has 0 aromatic rings. The smallest absolute Gasteiger partial charge is 0.167 e. The Morgan fingerprint density at radius 2 is 1.92 bits per heavy atom. The number of carbonyl (C=O) groups is 1. The third-order valence-electron chi connectivity index (χ3n) is 3.20. The minimum atomic E-state index is -1.08. The fourth-order valence-corrected chi connectivity index (χ4v) is 1.98.